The molecule has 0 bridgehead atoms. The quantitative estimate of drug-likeness (QED) is 0.730. The first kappa shape index (κ1) is 16.5. The van der Waals surface area contributed by atoms with E-state index in [0.717, 1.165) is 17.9 Å². The maximum Gasteiger partial charge on any atom is 0.0818 e. The SMILES string of the molecule is CCCC1CCC(C(O)c2cccc(CC(C)C)c2)CC1. The van der Waals surface area contributed by atoms with Crippen LogP contribution in [0.15, 0.2) is 24.3 Å². The van der Waals surface area contributed by atoms with Crippen molar-refractivity contribution in [2.75, 3.05) is 0 Å². The van der Waals surface area contributed by atoms with Crippen molar-refractivity contribution >= 4 is 0 Å². The Morgan fingerprint density at radius 2 is 1.86 bits per heavy atom. The molecule has 118 valence electrons. The molecule has 0 aromatic heterocycles. The summed E-state index contributed by atoms with van der Waals surface area (Å²) in [6, 6.07) is 8.63. The maximum atomic E-state index is 10.7. The number of aliphatic hydroxyl groups excluding tert-OH is 1. The topological polar surface area (TPSA) is 20.2 Å². The molecule has 1 fully saturated rings. The van der Waals surface area contributed by atoms with Gasteiger partial charge in [0.1, 0.15) is 0 Å². The minimum atomic E-state index is -0.264. The minimum Gasteiger partial charge on any atom is -0.388 e. The molecule has 2 rings (SSSR count). The summed E-state index contributed by atoms with van der Waals surface area (Å²) in [5, 5.41) is 10.7. The van der Waals surface area contributed by atoms with Gasteiger partial charge in [-0.3, -0.25) is 0 Å². The van der Waals surface area contributed by atoms with E-state index in [-0.39, 0.29) is 6.10 Å². The Bertz CT molecular complexity index is 416. The molecule has 0 amide bonds. The van der Waals surface area contributed by atoms with Gasteiger partial charge in [-0.1, -0.05) is 70.7 Å². The zero-order chi connectivity index (χ0) is 15.2. The smallest absolute Gasteiger partial charge is 0.0818 e. The molecular weight excluding hydrogens is 256 g/mol. The fourth-order valence-electron chi connectivity index (χ4n) is 3.85. The first-order chi connectivity index (χ1) is 10.1. The molecule has 0 saturated heterocycles. The number of hydrogen-bond donors (Lipinski definition) is 1. The predicted octanol–water partition coefficient (Wildman–Crippen LogP) is 5.53. The Hall–Kier alpha value is -0.820. The lowest BCUT2D eigenvalue weighted by Crippen LogP contribution is -2.20. The molecule has 1 atom stereocenters. The lowest BCUT2D eigenvalue weighted by molar-refractivity contribution is 0.0721. The van der Waals surface area contributed by atoms with Crippen LogP contribution in [0.4, 0.5) is 0 Å². The largest absolute Gasteiger partial charge is 0.388 e. The van der Waals surface area contributed by atoms with Crippen LogP contribution in [0.2, 0.25) is 0 Å². The predicted molar refractivity (Wildman–Crippen MR) is 90.3 cm³/mol. The molecule has 21 heavy (non-hydrogen) atoms. The third-order valence-electron chi connectivity index (χ3n) is 4.97. The van der Waals surface area contributed by atoms with Crippen LogP contribution in [0, 0.1) is 17.8 Å². The zero-order valence-corrected chi connectivity index (χ0v) is 14.0. The maximum absolute atomic E-state index is 10.7. The zero-order valence-electron chi connectivity index (χ0n) is 14.0. The molecule has 1 aliphatic carbocycles. The van der Waals surface area contributed by atoms with Crippen LogP contribution in [0.3, 0.4) is 0 Å². The Labute approximate surface area is 130 Å². The van der Waals surface area contributed by atoms with Gasteiger partial charge in [0.05, 0.1) is 6.10 Å². The molecular formula is C20H32O. The van der Waals surface area contributed by atoms with Gasteiger partial charge in [-0.2, -0.15) is 0 Å². The highest BCUT2D eigenvalue weighted by Crippen LogP contribution is 2.38. The summed E-state index contributed by atoms with van der Waals surface area (Å²) < 4.78 is 0. The molecule has 1 aromatic carbocycles. The van der Waals surface area contributed by atoms with Gasteiger partial charge >= 0.3 is 0 Å². The fourth-order valence-corrected chi connectivity index (χ4v) is 3.85. The van der Waals surface area contributed by atoms with Crippen LogP contribution in [0.25, 0.3) is 0 Å². The van der Waals surface area contributed by atoms with Gasteiger partial charge < -0.3 is 5.11 Å². The summed E-state index contributed by atoms with van der Waals surface area (Å²) in [6.45, 7) is 6.78. The fraction of sp³-hybridized carbons (Fsp3) is 0.700. The molecule has 0 radical (unpaired) electrons. The first-order valence-electron chi connectivity index (χ1n) is 8.87. The molecule has 1 N–H and O–H groups in total. The van der Waals surface area contributed by atoms with Gasteiger partial charge in [0.15, 0.2) is 0 Å². The number of hydrogen-bond acceptors (Lipinski definition) is 1. The van der Waals surface area contributed by atoms with Crippen molar-refractivity contribution in [1.29, 1.82) is 0 Å². The standard InChI is InChI=1S/C20H32O/c1-4-6-16-9-11-18(12-10-16)20(21)19-8-5-7-17(14-19)13-15(2)3/h5,7-8,14-16,18,20-21H,4,6,9-13H2,1-3H3. The van der Waals surface area contributed by atoms with Crippen molar-refractivity contribution in [2.24, 2.45) is 17.8 Å². The minimum absolute atomic E-state index is 0.264. The Morgan fingerprint density at radius 1 is 1.14 bits per heavy atom. The van der Waals surface area contributed by atoms with E-state index in [0.29, 0.717) is 11.8 Å². The van der Waals surface area contributed by atoms with Crippen molar-refractivity contribution < 1.29 is 5.11 Å². The van der Waals surface area contributed by atoms with Gasteiger partial charge in [-0.05, 0) is 48.1 Å². The summed E-state index contributed by atoms with van der Waals surface area (Å²) >= 11 is 0. The second kappa shape index (κ2) is 7.98. The normalized spacial score (nSPS) is 24.2. The highest BCUT2D eigenvalue weighted by atomic mass is 16.3. The van der Waals surface area contributed by atoms with Crippen molar-refractivity contribution in [3.8, 4) is 0 Å². The molecule has 1 saturated carbocycles. The first-order valence-corrected chi connectivity index (χ1v) is 8.87. The summed E-state index contributed by atoms with van der Waals surface area (Å²) in [7, 11) is 0. The monoisotopic (exact) mass is 288 g/mol. The molecule has 1 heteroatoms. The van der Waals surface area contributed by atoms with E-state index in [4.69, 9.17) is 0 Å². The van der Waals surface area contributed by atoms with Crippen LogP contribution in [-0.4, -0.2) is 5.11 Å². The molecule has 0 spiro atoms. The molecule has 1 aromatic rings. The van der Waals surface area contributed by atoms with E-state index in [2.05, 4.69) is 45.0 Å². The highest BCUT2D eigenvalue weighted by molar-refractivity contribution is 5.26. The molecule has 1 unspecified atom stereocenters. The molecule has 0 aliphatic heterocycles. The van der Waals surface area contributed by atoms with Gasteiger partial charge in [0, 0.05) is 0 Å². The summed E-state index contributed by atoms with van der Waals surface area (Å²) in [5.74, 6) is 2.04. The summed E-state index contributed by atoms with van der Waals surface area (Å²) in [5.41, 5.74) is 2.49. The third kappa shape index (κ3) is 4.85. The van der Waals surface area contributed by atoms with Crippen LogP contribution in [-0.2, 0) is 6.42 Å². The third-order valence-corrected chi connectivity index (χ3v) is 4.97. The lowest BCUT2D eigenvalue weighted by Gasteiger charge is -2.31. The number of benzene rings is 1. The van der Waals surface area contributed by atoms with Crippen LogP contribution in [0.1, 0.15) is 76.5 Å². The Morgan fingerprint density at radius 3 is 2.48 bits per heavy atom. The van der Waals surface area contributed by atoms with Gasteiger partial charge in [-0.25, -0.2) is 0 Å². The van der Waals surface area contributed by atoms with E-state index >= 15 is 0 Å². The second-order valence-electron chi connectivity index (χ2n) is 7.36. The van der Waals surface area contributed by atoms with Crippen LogP contribution < -0.4 is 0 Å². The van der Waals surface area contributed by atoms with E-state index in [1.807, 2.05) is 0 Å². The Kier molecular flexibility index (Phi) is 6.29. The van der Waals surface area contributed by atoms with Crippen molar-refractivity contribution in [3.05, 3.63) is 35.4 Å². The van der Waals surface area contributed by atoms with Crippen LogP contribution in [0.5, 0.6) is 0 Å². The van der Waals surface area contributed by atoms with Crippen molar-refractivity contribution in [3.63, 3.8) is 0 Å². The van der Waals surface area contributed by atoms with Gasteiger partial charge in [0.2, 0.25) is 0 Å². The van der Waals surface area contributed by atoms with E-state index in [1.54, 1.807) is 0 Å². The van der Waals surface area contributed by atoms with Crippen molar-refractivity contribution in [2.45, 2.75) is 71.8 Å². The van der Waals surface area contributed by atoms with E-state index < -0.39 is 0 Å². The highest BCUT2D eigenvalue weighted by Gasteiger charge is 2.27. The van der Waals surface area contributed by atoms with Gasteiger partial charge in [-0.15, -0.1) is 0 Å². The van der Waals surface area contributed by atoms with E-state index in [9.17, 15) is 5.11 Å². The second-order valence-corrected chi connectivity index (χ2v) is 7.36. The summed E-state index contributed by atoms with van der Waals surface area (Å²) in [4.78, 5) is 0. The molecule has 0 heterocycles. The lowest BCUT2D eigenvalue weighted by atomic mass is 9.76. The number of aliphatic hydroxyl groups is 1. The van der Waals surface area contributed by atoms with Crippen molar-refractivity contribution in [1.82, 2.24) is 0 Å². The van der Waals surface area contributed by atoms with E-state index in [1.165, 1.54) is 44.1 Å². The van der Waals surface area contributed by atoms with Gasteiger partial charge in [0.25, 0.3) is 0 Å². The summed E-state index contributed by atoms with van der Waals surface area (Å²) in [6.07, 6.45) is 8.51. The number of rotatable bonds is 6. The Balaban J connectivity index is 1.95. The van der Waals surface area contributed by atoms with Crippen LogP contribution >= 0.6 is 0 Å². The average Bonchev–Trinajstić information content (AvgIpc) is 2.47. The molecule has 1 nitrogen and oxygen atoms in total. The average molecular weight is 288 g/mol. The molecule has 1 aliphatic rings.